The highest BCUT2D eigenvalue weighted by Crippen LogP contribution is 2.25. The van der Waals surface area contributed by atoms with Gasteiger partial charge in [0.05, 0.1) is 5.69 Å². The van der Waals surface area contributed by atoms with Crippen molar-refractivity contribution in [1.29, 1.82) is 0 Å². The maximum absolute atomic E-state index is 14.8. The number of hydrogen-bond acceptors (Lipinski definition) is 3. The van der Waals surface area contributed by atoms with Crippen molar-refractivity contribution >= 4 is 35.7 Å². The molecule has 2 aromatic rings. The van der Waals surface area contributed by atoms with Gasteiger partial charge in [0.15, 0.2) is 0 Å². The van der Waals surface area contributed by atoms with Crippen LogP contribution in [0.25, 0.3) is 0 Å². The zero-order valence-electron chi connectivity index (χ0n) is 17.6. The van der Waals surface area contributed by atoms with Crippen LogP contribution in [0.1, 0.15) is 47.8 Å². The molecule has 0 atom stereocenters. The van der Waals surface area contributed by atoms with Crippen LogP contribution in [0.15, 0.2) is 30.3 Å². The number of carbonyl (C=O) groups is 2. The molecule has 0 aromatic heterocycles. The first-order chi connectivity index (χ1) is 13.6. The standard InChI is InChI=1S/C22H27FN4O2.ClH/c1-13-5-6-14(11-18(13)26-21(29)27-22(2,3)4)20(28)25-17-8-7-15-12-24-10-9-16(15)19(17)23;/h5-8,11,24H,9-10,12H2,1-4H3,(H,25,28)(H2,26,27,29);1H. The van der Waals surface area contributed by atoms with Crippen LogP contribution >= 0.6 is 12.4 Å². The van der Waals surface area contributed by atoms with Crippen LogP contribution in [0, 0.1) is 12.7 Å². The van der Waals surface area contributed by atoms with Crippen molar-refractivity contribution in [1.82, 2.24) is 10.6 Å². The van der Waals surface area contributed by atoms with Gasteiger partial charge in [-0.05, 0) is 75.5 Å². The zero-order valence-corrected chi connectivity index (χ0v) is 18.4. The number of benzene rings is 2. The Morgan fingerprint density at radius 3 is 2.50 bits per heavy atom. The summed E-state index contributed by atoms with van der Waals surface area (Å²) in [4.78, 5) is 24.9. The number of amides is 3. The number of halogens is 2. The Morgan fingerprint density at radius 1 is 1.07 bits per heavy atom. The molecule has 8 heteroatoms. The fraction of sp³-hybridized carbons (Fsp3) is 0.364. The Labute approximate surface area is 182 Å². The fourth-order valence-electron chi connectivity index (χ4n) is 3.22. The molecule has 0 saturated heterocycles. The van der Waals surface area contributed by atoms with E-state index in [0.29, 0.717) is 36.3 Å². The Balaban J connectivity index is 0.00000320. The minimum absolute atomic E-state index is 0. The van der Waals surface area contributed by atoms with Crippen LogP contribution < -0.4 is 21.3 Å². The van der Waals surface area contributed by atoms with Crippen LogP contribution in [0.2, 0.25) is 0 Å². The fourth-order valence-corrected chi connectivity index (χ4v) is 3.22. The highest BCUT2D eigenvalue weighted by molar-refractivity contribution is 6.05. The average Bonchev–Trinajstić information content (AvgIpc) is 2.64. The van der Waals surface area contributed by atoms with Gasteiger partial charge in [-0.2, -0.15) is 0 Å². The minimum Gasteiger partial charge on any atom is -0.333 e. The lowest BCUT2D eigenvalue weighted by Gasteiger charge is -2.21. The molecule has 162 valence electrons. The van der Waals surface area contributed by atoms with Gasteiger partial charge in [-0.15, -0.1) is 12.4 Å². The van der Waals surface area contributed by atoms with Crippen LogP contribution in [0.5, 0.6) is 0 Å². The van der Waals surface area contributed by atoms with E-state index in [-0.39, 0.29) is 35.5 Å². The summed E-state index contributed by atoms with van der Waals surface area (Å²) < 4.78 is 14.8. The Bertz CT molecular complexity index is 957. The first-order valence-electron chi connectivity index (χ1n) is 9.66. The Hall–Kier alpha value is -2.64. The second kappa shape index (κ2) is 9.45. The van der Waals surface area contributed by atoms with E-state index in [2.05, 4.69) is 21.3 Å². The first kappa shape index (κ1) is 23.6. The van der Waals surface area contributed by atoms with Crippen LogP contribution in [-0.2, 0) is 13.0 Å². The third kappa shape index (κ3) is 5.70. The van der Waals surface area contributed by atoms with Gasteiger partial charge < -0.3 is 21.3 Å². The van der Waals surface area contributed by atoms with E-state index in [1.54, 1.807) is 24.3 Å². The molecule has 0 unspecified atom stereocenters. The van der Waals surface area contributed by atoms with E-state index in [1.807, 2.05) is 33.8 Å². The van der Waals surface area contributed by atoms with Crippen LogP contribution in [0.3, 0.4) is 0 Å². The third-order valence-electron chi connectivity index (χ3n) is 4.69. The molecule has 0 saturated carbocycles. The lowest BCUT2D eigenvalue weighted by molar-refractivity contribution is 0.102. The van der Waals surface area contributed by atoms with Crippen molar-refractivity contribution in [2.24, 2.45) is 0 Å². The van der Waals surface area contributed by atoms with E-state index in [9.17, 15) is 14.0 Å². The molecule has 1 aliphatic heterocycles. The normalized spacial score (nSPS) is 13.0. The van der Waals surface area contributed by atoms with Gasteiger partial charge in [-0.3, -0.25) is 4.79 Å². The molecule has 6 nitrogen and oxygen atoms in total. The SMILES string of the molecule is Cc1ccc(C(=O)Nc2ccc3c(c2F)CCNC3)cc1NC(=O)NC(C)(C)C.Cl. The van der Waals surface area contributed by atoms with Crippen molar-refractivity contribution in [3.63, 3.8) is 0 Å². The summed E-state index contributed by atoms with van der Waals surface area (Å²) >= 11 is 0. The van der Waals surface area contributed by atoms with Crippen molar-refractivity contribution in [2.45, 2.75) is 46.2 Å². The quantitative estimate of drug-likeness (QED) is 0.578. The summed E-state index contributed by atoms with van der Waals surface area (Å²) in [5, 5.41) is 11.4. The molecule has 0 fully saturated rings. The lowest BCUT2D eigenvalue weighted by atomic mass is 9.99. The van der Waals surface area contributed by atoms with Crippen LogP contribution in [0.4, 0.5) is 20.6 Å². The maximum atomic E-state index is 14.8. The highest BCUT2D eigenvalue weighted by atomic mass is 35.5. The number of hydrogen-bond donors (Lipinski definition) is 4. The molecule has 1 heterocycles. The first-order valence-corrected chi connectivity index (χ1v) is 9.66. The van der Waals surface area contributed by atoms with Gasteiger partial charge in [0, 0.05) is 23.3 Å². The van der Waals surface area contributed by atoms with Gasteiger partial charge in [-0.25, -0.2) is 9.18 Å². The number of fused-ring (bicyclic) bond motifs is 1. The summed E-state index contributed by atoms with van der Waals surface area (Å²) in [6.07, 6.45) is 0.590. The minimum atomic E-state index is -0.433. The van der Waals surface area contributed by atoms with E-state index in [1.165, 1.54) is 0 Å². The number of anilines is 2. The van der Waals surface area contributed by atoms with Crippen molar-refractivity contribution < 1.29 is 14.0 Å². The molecule has 2 aromatic carbocycles. The maximum Gasteiger partial charge on any atom is 0.319 e. The monoisotopic (exact) mass is 434 g/mol. The summed E-state index contributed by atoms with van der Waals surface area (Å²) in [6.45, 7) is 8.83. The number of nitrogens with one attached hydrogen (secondary N) is 4. The molecule has 3 amide bonds. The lowest BCUT2D eigenvalue weighted by Crippen LogP contribution is -2.43. The summed E-state index contributed by atoms with van der Waals surface area (Å²) in [7, 11) is 0. The molecule has 0 aliphatic carbocycles. The van der Waals surface area contributed by atoms with Crippen molar-refractivity contribution in [2.75, 3.05) is 17.2 Å². The van der Waals surface area contributed by atoms with E-state index < -0.39 is 5.91 Å². The third-order valence-corrected chi connectivity index (χ3v) is 4.69. The predicted molar refractivity (Wildman–Crippen MR) is 120 cm³/mol. The highest BCUT2D eigenvalue weighted by Gasteiger charge is 2.19. The number of rotatable bonds is 3. The topological polar surface area (TPSA) is 82.3 Å². The predicted octanol–water partition coefficient (Wildman–Crippen LogP) is 4.37. The van der Waals surface area contributed by atoms with Crippen molar-refractivity contribution in [3.05, 3.63) is 58.4 Å². The molecular weight excluding hydrogens is 407 g/mol. The Morgan fingerprint density at radius 2 is 1.80 bits per heavy atom. The second-order valence-corrected chi connectivity index (χ2v) is 8.30. The molecule has 1 aliphatic rings. The second-order valence-electron chi connectivity index (χ2n) is 8.30. The van der Waals surface area contributed by atoms with Gasteiger partial charge >= 0.3 is 6.03 Å². The van der Waals surface area contributed by atoms with Gasteiger partial charge in [0.2, 0.25) is 0 Å². The number of carbonyl (C=O) groups excluding carboxylic acids is 2. The van der Waals surface area contributed by atoms with Gasteiger partial charge in [0.25, 0.3) is 5.91 Å². The Kier molecular flexibility index (Phi) is 7.44. The molecule has 30 heavy (non-hydrogen) atoms. The van der Waals surface area contributed by atoms with Crippen molar-refractivity contribution in [3.8, 4) is 0 Å². The van der Waals surface area contributed by atoms with E-state index in [0.717, 1.165) is 11.1 Å². The van der Waals surface area contributed by atoms with Gasteiger partial charge in [0.1, 0.15) is 5.82 Å². The summed E-state index contributed by atoms with van der Waals surface area (Å²) in [6, 6.07) is 8.05. The molecular formula is C22H28ClFN4O2. The summed E-state index contributed by atoms with van der Waals surface area (Å²) in [5.41, 5.74) is 3.02. The summed E-state index contributed by atoms with van der Waals surface area (Å²) in [5.74, 6) is -0.815. The number of aryl methyl sites for hydroxylation is 1. The molecule has 0 spiro atoms. The van der Waals surface area contributed by atoms with Gasteiger partial charge in [-0.1, -0.05) is 12.1 Å². The number of urea groups is 1. The van der Waals surface area contributed by atoms with E-state index >= 15 is 0 Å². The molecule has 0 bridgehead atoms. The van der Waals surface area contributed by atoms with E-state index in [4.69, 9.17) is 0 Å². The zero-order chi connectivity index (χ0) is 21.2. The molecule has 3 rings (SSSR count). The smallest absolute Gasteiger partial charge is 0.319 e. The average molecular weight is 435 g/mol. The van der Waals surface area contributed by atoms with Crippen LogP contribution in [-0.4, -0.2) is 24.0 Å². The molecule has 4 N–H and O–H groups in total. The largest absolute Gasteiger partial charge is 0.333 e. The molecule has 0 radical (unpaired) electrons.